The van der Waals surface area contributed by atoms with Crippen LogP contribution in [0, 0.1) is 24.4 Å². The fourth-order valence-electron chi connectivity index (χ4n) is 5.06. The van der Waals surface area contributed by atoms with E-state index >= 15 is 8.78 Å². The van der Waals surface area contributed by atoms with E-state index in [2.05, 4.69) is 15.3 Å². The minimum Gasteiger partial charge on any atom is -0.493 e. The molecule has 0 saturated carbocycles. The number of ether oxygens (including phenoxy) is 1. The standard InChI is InChI=1S/C24H21F8N3O2/c1-10-33-8-12-15(7-14(26)17(27)18(12)34-10)35-20-11-5-6-13(25)19(37-4)16(11)21(2,3)9-22(20,36)23(28,29)24(30,31)32/h5-8,20,35-36H,9H2,1-4H3/t20-,22+/m0/s1. The number of fused-ring (bicyclic) bond motifs is 2. The lowest BCUT2D eigenvalue weighted by Crippen LogP contribution is -2.65. The molecule has 200 valence electrons. The fraction of sp³-hybridized carbons (Fsp3) is 0.417. The number of hydrogen-bond acceptors (Lipinski definition) is 5. The van der Waals surface area contributed by atoms with E-state index < -0.39 is 70.0 Å². The lowest BCUT2D eigenvalue weighted by atomic mass is 9.61. The number of methoxy groups -OCH3 is 1. The van der Waals surface area contributed by atoms with Crippen LogP contribution in [0.5, 0.6) is 5.75 Å². The third-order valence-corrected chi connectivity index (χ3v) is 6.61. The van der Waals surface area contributed by atoms with Crippen LogP contribution >= 0.6 is 0 Å². The molecule has 2 aromatic carbocycles. The predicted octanol–water partition coefficient (Wildman–Crippen LogP) is 6.13. The van der Waals surface area contributed by atoms with Gasteiger partial charge in [-0.15, -0.1) is 0 Å². The van der Waals surface area contributed by atoms with E-state index in [0.717, 1.165) is 25.4 Å². The summed E-state index contributed by atoms with van der Waals surface area (Å²) in [7, 11) is 1.09. The average Bonchev–Trinajstić information content (AvgIpc) is 2.78. The minimum absolute atomic E-state index is 0.0352. The second-order valence-corrected chi connectivity index (χ2v) is 9.58. The predicted molar refractivity (Wildman–Crippen MR) is 117 cm³/mol. The molecule has 0 spiro atoms. The Bertz CT molecular complexity index is 1390. The molecule has 3 aromatic rings. The van der Waals surface area contributed by atoms with Crippen molar-refractivity contribution in [3.8, 4) is 5.75 Å². The van der Waals surface area contributed by atoms with Gasteiger partial charge in [0.1, 0.15) is 11.3 Å². The molecule has 13 heteroatoms. The molecular weight excluding hydrogens is 514 g/mol. The summed E-state index contributed by atoms with van der Waals surface area (Å²) >= 11 is 0. The second-order valence-electron chi connectivity index (χ2n) is 9.58. The Hall–Kier alpha value is -3.22. The average molecular weight is 535 g/mol. The topological polar surface area (TPSA) is 67.3 Å². The molecule has 37 heavy (non-hydrogen) atoms. The van der Waals surface area contributed by atoms with Crippen LogP contribution in [0.25, 0.3) is 10.9 Å². The molecule has 1 heterocycles. The number of alkyl halides is 5. The molecule has 1 aliphatic rings. The van der Waals surface area contributed by atoms with Crippen LogP contribution in [-0.4, -0.2) is 39.9 Å². The number of anilines is 1. The van der Waals surface area contributed by atoms with E-state index in [1.165, 1.54) is 20.8 Å². The Balaban J connectivity index is 2.05. The summed E-state index contributed by atoms with van der Waals surface area (Å²) in [5, 5.41) is 13.3. The van der Waals surface area contributed by atoms with Gasteiger partial charge in [-0.25, -0.2) is 23.1 Å². The first kappa shape index (κ1) is 26.8. The number of aryl methyl sites for hydroxylation is 1. The monoisotopic (exact) mass is 535 g/mol. The summed E-state index contributed by atoms with van der Waals surface area (Å²) in [6, 6.07) is -0.0411. The number of aromatic nitrogens is 2. The first-order valence-electron chi connectivity index (χ1n) is 10.9. The summed E-state index contributed by atoms with van der Waals surface area (Å²) in [6.07, 6.45) is -6.38. The summed E-state index contributed by atoms with van der Waals surface area (Å²) < 4.78 is 120. The maximum absolute atomic E-state index is 15.1. The Kier molecular flexibility index (Phi) is 6.09. The van der Waals surface area contributed by atoms with Gasteiger partial charge in [-0.05, 0) is 30.4 Å². The third-order valence-electron chi connectivity index (χ3n) is 6.61. The maximum atomic E-state index is 15.1. The lowest BCUT2D eigenvalue weighted by molar-refractivity contribution is -0.349. The molecule has 0 bridgehead atoms. The van der Waals surface area contributed by atoms with Crippen LogP contribution in [0.3, 0.4) is 0 Å². The van der Waals surface area contributed by atoms with Gasteiger partial charge in [0.25, 0.3) is 0 Å². The second kappa shape index (κ2) is 8.40. The highest BCUT2D eigenvalue weighted by Crippen LogP contribution is 2.59. The van der Waals surface area contributed by atoms with Crippen molar-refractivity contribution >= 4 is 16.6 Å². The zero-order chi connectivity index (χ0) is 27.7. The Morgan fingerprint density at radius 3 is 2.32 bits per heavy atom. The molecule has 5 nitrogen and oxygen atoms in total. The molecule has 0 aliphatic heterocycles. The van der Waals surface area contributed by atoms with Crippen molar-refractivity contribution in [2.24, 2.45) is 0 Å². The third kappa shape index (κ3) is 3.94. The quantitative estimate of drug-likeness (QED) is 0.394. The highest BCUT2D eigenvalue weighted by molar-refractivity contribution is 5.91. The number of nitrogens with one attached hydrogen (secondary N) is 1. The van der Waals surface area contributed by atoms with Crippen LogP contribution < -0.4 is 10.1 Å². The molecule has 2 N–H and O–H groups in total. The van der Waals surface area contributed by atoms with Gasteiger partial charge in [0.15, 0.2) is 28.8 Å². The molecule has 0 unspecified atom stereocenters. The Labute approximate surface area is 205 Å². The van der Waals surface area contributed by atoms with Gasteiger partial charge in [0, 0.05) is 28.9 Å². The van der Waals surface area contributed by atoms with Gasteiger partial charge in [0.2, 0.25) is 0 Å². The molecule has 1 aliphatic carbocycles. The summed E-state index contributed by atoms with van der Waals surface area (Å²) in [5.41, 5.74) is -6.98. The van der Waals surface area contributed by atoms with Gasteiger partial charge in [-0.3, -0.25) is 0 Å². The van der Waals surface area contributed by atoms with Crippen molar-refractivity contribution in [2.45, 2.75) is 56.3 Å². The number of halogens is 8. The normalized spacial score (nSPS) is 21.6. The molecule has 4 rings (SSSR count). The summed E-state index contributed by atoms with van der Waals surface area (Å²) in [4.78, 5) is 7.66. The van der Waals surface area contributed by atoms with Crippen molar-refractivity contribution in [1.29, 1.82) is 0 Å². The zero-order valence-corrected chi connectivity index (χ0v) is 19.9. The number of nitrogens with zero attached hydrogens (tertiary/aromatic N) is 2. The van der Waals surface area contributed by atoms with Crippen molar-refractivity contribution in [1.82, 2.24) is 9.97 Å². The van der Waals surface area contributed by atoms with E-state index in [4.69, 9.17) is 4.74 Å². The fourth-order valence-corrected chi connectivity index (χ4v) is 5.06. The first-order valence-corrected chi connectivity index (χ1v) is 10.9. The molecule has 0 fully saturated rings. The Morgan fingerprint density at radius 2 is 1.73 bits per heavy atom. The number of benzene rings is 2. The number of rotatable bonds is 4. The SMILES string of the molecule is COc1c(F)ccc2c1C(C)(C)C[C@](O)(C(F)(F)C(F)(F)F)[C@H]2Nc1cc(F)c(F)c2nc(C)ncc12. The first-order chi connectivity index (χ1) is 17.0. The van der Waals surface area contributed by atoms with Gasteiger partial charge in [-0.1, -0.05) is 19.9 Å². The van der Waals surface area contributed by atoms with Gasteiger partial charge in [-0.2, -0.15) is 22.0 Å². The Morgan fingerprint density at radius 1 is 1.08 bits per heavy atom. The van der Waals surface area contributed by atoms with Crippen LogP contribution in [-0.2, 0) is 5.41 Å². The number of aliphatic hydroxyl groups is 1. The lowest BCUT2D eigenvalue weighted by Gasteiger charge is -2.51. The van der Waals surface area contributed by atoms with Crippen molar-refractivity contribution in [2.75, 3.05) is 12.4 Å². The van der Waals surface area contributed by atoms with Gasteiger partial charge < -0.3 is 15.2 Å². The van der Waals surface area contributed by atoms with Gasteiger partial charge in [0.05, 0.1) is 13.2 Å². The van der Waals surface area contributed by atoms with Crippen molar-refractivity contribution in [3.05, 3.63) is 58.8 Å². The molecule has 0 saturated heterocycles. The van der Waals surface area contributed by atoms with E-state index in [9.17, 15) is 31.4 Å². The van der Waals surface area contributed by atoms with E-state index in [1.807, 2.05) is 0 Å². The highest BCUT2D eigenvalue weighted by Gasteiger charge is 2.74. The highest BCUT2D eigenvalue weighted by atomic mass is 19.4. The number of hydrogen-bond donors (Lipinski definition) is 2. The molecule has 0 radical (unpaired) electrons. The zero-order valence-electron chi connectivity index (χ0n) is 19.9. The van der Waals surface area contributed by atoms with Crippen LogP contribution in [0.15, 0.2) is 24.4 Å². The van der Waals surface area contributed by atoms with Crippen molar-refractivity contribution in [3.63, 3.8) is 0 Å². The van der Waals surface area contributed by atoms with Crippen LogP contribution in [0.2, 0.25) is 0 Å². The van der Waals surface area contributed by atoms with Crippen LogP contribution in [0.4, 0.5) is 40.8 Å². The molecular formula is C24H21F8N3O2. The molecule has 1 aromatic heterocycles. The van der Waals surface area contributed by atoms with E-state index in [-0.39, 0.29) is 22.3 Å². The smallest absolute Gasteiger partial charge is 0.456 e. The molecule has 2 atom stereocenters. The van der Waals surface area contributed by atoms with E-state index in [0.29, 0.717) is 6.07 Å². The largest absolute Gasteiger partial charge is 0.493 e. The van der Waals surface area contributed by atoms with E-state index in [1.54, 1.807) is 0 Å². The van der Waals surface area contributed by atoms with Crippen LogP contribution in [0.1, 0.15) is 43.3 Å². The summed E-state index contributed by atoms with van der Waals surface area (Å²) in [5.74, 6) is -9.87. The van der Waals surface area contributed by atoms with Gasteiger partial charge >= 0.3 is 12.1 Å². The summed E-state index contributed by atoms with van der Waals surface area (Å²) in [6.45, 7) is 3.88. The van der Waals surface area contributed by atoms with Crippen molar-refractivity contribution < 1.29 is 45.0 Å². The maximum Gasteiger partial charge on any atom is 0.456 e. The minimum atomic E-state index is -6.20. The molecule has 0 amide bonds.